The van der Waals surface area contributed by atoms with E-state index in [0.29, 0.717) is 0 Å². The van der Waals surface area contributed by atoms with Crippen molar-refractivity contribution < 1.29 is 0 Å². The van der Waals surface area contributed by atoms with Crippen molar-refractivity contribution in [2.45, 2.75) is 53.0 Å². The molecule has 17 heavy (non-hydrogen) atoms. The third-order valence-electron chi connectivity index (χ3n) is 3.98. The normalized spacial score (nSPS) is 19.8. The van der Waals surface area contributed by atoms with E-state index in [1.54, 1.807) is 0 Å². The van der Waals surface area contributed by atoms with Gasteiger partial charge in [0, 0.05) is 12.6 Å². The van der Waals surface area contributed by atoms with E-state index in [2.05, 4.69) is 44.5 Å². The summed E-state index contributed by atoms with van der Waals surface area (Å²) in [6, 6.07) is 0.736. The molecule has 102 valence electrons. The zero-order chi connectivity index (χ0) is 12.8. The summed E-state index contributed by atoms with van der Waals surface area (Å²) in [5.74, 6) is 1.77. The molecule has 0 amide bonds. The summed E-state index contributed by atoms with van der Waals surface area (Å²) in [4.78, 5) is 5.12. The fourth-order valence-corrected chi connectivity index (χ4v) is 2.88. The molecule has 1 aliphatic heterocycles. The van der Waals surface area contributed by atoms with Crippen LogP contribution < -0.4 is 0 Å². The van der Waals surface area contributed by atoms with E-state index < -0.39 is 0 Å². The lowest BCUT2D eigenvalue weighted by atomic mass is 9.92. The Kier molecular flexibility index (Phi) is 6.50. The largest absolute Gasteiger partial charge is 0.306 e. The molecule has 2 nitrogen and oxygen atoms in total. The molecule has 0 aliphatic carbocycles. The highest BCUT2D eigenvalue weighted by molar-refractivity contribution is 4.75. The zero-order valence-electron chi connectivity index (χ0n) is 12.6. The third kappa shape index (κ3) is 5.87. The molecule has 1 rings (SSSR count). The number of hydrogen-bond acceptors (Lipinski definition) is 2. The molecule has 0 unspecified atom stereocenters. The first-order valence-electron chi connectivity index (χ1n) is 7.41. The van der Waals surface area contributed by atoms with Crippen LogP contribution >= 0.6 is 0 Å². The molecule has 0 bridgehead atoms. The topological polar surface area (TPSA) is 6.48 Å². The Labute approximate surface area is 108 Å². The molecule has 1 fully saturated rings. The molecule has 1 saturated heterocycles. The van der Waals surface area contributed by atoms with Crippen molar-refractivity contribution in [3.8, 4) is 0 Å². The number of nitrogens with zero attached hydrogens (tertiary/aromatic N) is 2. The van der Waals surface area contributed by atoms with Gasteiger partial charge in [0.1, 0.15) is 0 Å². The van der Waals surface area contributed by atoms with Crippen LogP contribution in [0.15, 0.2) is 0 Å². The maximum atomic E-state index is 2.62. The second kappa shape index (κ2) is 7.38. The second-order valence-corrected chi connectivity index (χ2v) is 6.52. The average molecular weight is 240 g/mol. The summed E-state index contributed by atoms with van der Waals surface area (Å²) < 4.78 is 0. The number of hydrogen-bond donors (Lipinski definition) is 0. The van der Waals surface area contributed by atoms with Gasteiger partial charge in [0.05, 0.1) is 0 Å². The second-order valence-electron chi connectivity index (χ2n) is 6.52. The van der Waals surface area contributed by atoms with Crippen LogP contribution in [0.25, 0.3) is 0 Å². The Balaban J connectivity index is 2.14. The van der Waals surface area contributed by atoms with Crippen LogP contribution in [0.2, 0.25) is 0 Å². The molecule has 0 spiro atoms. The van der Waals surface area contributed by atoms with Crippen molar-refractivity contribution in [2.24, 2.45) is 11.8 Å². The third-order valence-corrected chi connectivity index (χ3v) is 3.98. The monoisotopic (exact) mass is 240 g/mol. The maximum Gasteiger partial charge on any atom is 0.00385 e. The molecule has 0 N–H and O–H groups in total. The van der Waals surface area contributed by atoms with Gasteiger partial charge >= 0.3 is 0 Å². The van der Waals surface area contributed by atoms with Gasteiger partial charge in [-0.1, -0.05) is 13.8 Å². The first-order valence-corrected chi connectivity index (χ1v) is 7.41. The standard InChI is InChI=1S/C15H32N2/c1-13(2)12-16(5)9-6-15-7-10-17(11-8-15)14(3)4/h13-15H,6-12H2,1-5H3. The van der Waals surface area contributed by atoms with Gasteiger partial charge in [-0.3, -0.25) is 0 Å². The predicted octanol–water partition coefficient (Wildman–Crippen LogP) is 3.08. The van der Waals surface area contributed by atoms with Gasteiger partial charge in [0.25, 0.3) is 0 Å². The van der Waals surface area contributed by atoms with Crippen LogP contribution in [0.5, 0.6) is 0 Å². The summed E-state index contributed by atoms with van der Waals surface area (Å²) >= 11 is 0. The maximum absolute atomic E-state index is 2.62. The summed E-state index contributed by atoms with van der Waals surface area (Å²) in [6.45, 7) is 14.4. The van der Waals surface area contributed by atoms with E-state index in [-0.39, 0.29) is 0 Å². The van der Waals surface area contributed by atoms with Crippen LogP contribution in [0, 0.1) is 11.8 Å². The summed E-state index contributed by atoms with van der Waals surface area (Å²) in [5.41, 5.74) is 0. The molecular weight excluding hydrogens is 208 g/mol. The summed E-state index contributed by atoms with van der Waals surface area (Å²) in [5, 5.41) is 0. The van der Waals surface area contributed by atoms with E-state index in [4.69, 9.17) is 0 Å². The van der Waals surface area contributed by atoms with E-state index in [1.165, 1.54) is 45.4 Å². The van der Waals surface area contributed by atoms with Crippen molar-refractivity contribution >= 4 is 0 Å². The van der Waals surface area contributed by atoms with Crippen LogP contribution in [0.4, 0.5) is 0 Å². The van der Waals surface area contributed by atoms with Gasteiger partial charge in [-0.15, -0.1) is 0 Å². The lowest BCUT2D eigenvalue weighted by molar-refractivity contribution is 0.138. The highest BCUT2D eigenvalue weighted by Gasteiger charge is 2.20. The highest BCUT2D eigenvalue weighted by Crippen LogP contribution is 2.22. The van der Waals surface area contributed by atoms with E-state index in [9.17, 15) is 0 Å². The van der Waals surface area contributed by atoms with E-state index in [0.717, 1.165) is 17.9 Å². The van der Waals surface area contributed by atoms with Crippen molar-refractivity contribution in [2.75, 3.05) is 33.2 Å². The van der Waals surface area contributed by atoms with Gasteiger partial charge in [0.2, 0.25) is 0 Å². The van der Waals surface area contributed by atoms with Crippen LogP contribution in [-0.2, 0) is 0 Å². The molecule has 2 heteroatoms. The quantitative estimate of drug-likeness (QED) is 0.704. The van der Waals surface area contributed by atoms with Crippen molar-refractivity contribution in [3.63, 3.8) is 0 Å². The van der Waals surface area contributed by atoms with Gasteiger partial charge in [0.15, 0.2) is 0 Å². The lowest BCUT2D eigenvalue weighted by Crippen LogP contribution is -2.39. The molecular formula is C15H32N2. The number of likely N-dealkylation sites (tertiary alicyclic amines) is 1. The van der Waals surface area contributed by atoms with E-state index in [1.807, 2.05) is 0 Å². The van der Waals surface area contributed by atoms with Gasteiger partial charge < -0.3 is 9.80 Å². The van der Waals surface area contributed by atoms with Gasteiger partial charge in [-0.2, -0.15) is 0 Å². The van der Waals surface area contributed by atoms with Gasteiger partial charge in [-0.25, -0.2) is 0 Å². The Morgan fingerprint density at radius 2 is 1.71 bits per heavy atom. The molecule has 0 aromatic rings. The molecule has 0 atom stereocenters. The fraction of sp³-hybridized carbons (Fsp3) is 1.00. The Hall–Kier alpha value is -0.0800. The van der Waals surface area contributed by atoms with E-state index >= 15 is 0 Å². The predicted molar refractivity (Wildman–Crippen MR) is 76.4 cm³/mol. The first-order chi connectivity index (χ1) is 7.99. The minimum absolute atomic E-state index is 0.736. The van der Waals surface area contributed by atoms with Crippen LogP contribution in [0.1, 0.15) is 47.0 Å². The van der Waals surface area contributed by atoms with Gasteiger partial charge in [-0.05, 0) is 71.6 Å². The fourth-order valence-electron chi connectivity index (χ4n) is 2.88. The van der Waals surface area contributed by atoms with Crippen molar-refractivity contribution in [3.05, 3.63) is 0 Å². The summed E-state index contributed by atoms with van der Waals surface area (Å²) in [7, 11) is 2.27. The Bertz CT molecular complexity index is 193. The van der Waals surface area contributed by atoms with Crippen LogP contribution in [-0.4, -0.2) is 49.1 Å². The lowest BCUT2D eigenvalue weighted by Gasteiger charge is -2.35. The minimum atomic E-state index is 0.736. The Morgan fingerprint density at radius 1 is 1.12 bits per heavy atom. The molecule has 0 aromatic heterocycles. The number of rotatable bonds is 6. The molecule has 0 saturated carbocycles. The smallest absolute Gasteiger partial charge is 0.00385 e. The average Bonchev–Trinajstić information content (AvgIpc) is 2.26. The molecule has 1 aliphatic rings. The SMILES string of the molecule is CC(C)CN(C)CCC1CCN(C(C)C)CC1. The van der Waals surface area contributed by atoms with Crippen LogP contribution in [0.3, 0.4) is 0 Å². The van der Waals surface area contributed by atoms with Crippen molar-refractivity contribution in [1.29, 1.82) is 0 Å². The zero-order valence-corrected chi connectivity index (χ0v) is 12.6. The van der Waals surface area contributed by atoms with Crippen molar-refractivity contribution in [1.82, 2.24) is 9.80 Å². The molecule has 1 heterocycles. The number of piperidine rings is 1. The molecule has 0 radical (unpaired) electrons. The highest BCUT2D eigenvalue weighted by atomic mass is 15.1. The first kappa shape index (κ1) is 15.0. The minimum Gasteiger partial charge on any atom is -0.306 e. The molecule has 0 aromatic carbocycles. The Morgan fingerprint density at radius 3 is 2.18 bits per heavy atom. The summed E-state index contributed by atoms with van der Waals surface area (Å²) in [6.07, 6.45) is 4.22.